The van der Waals surface area contributed by atoms with Gasteiger partial charge in [-0.15, -0.1) is 11.3 Å². The Balaban J connectivity index is 1.26. The van der Waals surface area contributed by atoms with Gasteiger partial charge >= 0.3 is 6.03 Å². The number of ether oxygens (including phenoxy) is 1. The lowest BCUT2D eigenvalue weighted by Gasteiger charge is -2.32. The molecule has 202 valence electrons. The predicted octanol–water partition coefficient (Wildman–Crippen LogP) is 5.38. The summed E-state index contributed by atoms with van der Waals surface area (Å²) in [5, 5.41) is 6.66. The van der Waals surface area contributed by atoms with E-state index in [-0.39, 0.29) is 23.9 Å². The van der Waals surface area contributed by atoms with Crippen molar-refractivity contribution in [2.75, 3.05) is 23.3 Å². The number of carbonyl (C=O) groups is 3. The average Bonchev–Trinajstić information content (AvgIpc) is 3.34. The van der Waals surface area contributed by atoms with Crippen LogP contribution in [0, 0.1) is 6.92 Å². The van der Waals surface area contributed by atoms with Gasteiger partial charge in [-0.05, 0) is 61.7 Å². The molecule has 1 aromatic carbocycles. The first-order valence-electron chi connectivity index (χ1n) is 12.9. The highest BCUT2D eigenvalue weighted by atomic mass is 32.1. The first-order valence-corrected chi connectivity index (χ1v) is 13.7. The maximum Gasteiger partial charge on any atom is 0.331 e. The summed E-state index contributed by atoms with van der Waals surface area (Å²) in [5.74, 6) is 0.612. The molecule has 2 N–H and O–H groups in total. The average molecular weight is 555 g/mol. The van der Waals surface area contributed by atoms with Crippen LogP contribution >= 0.6 is 11.3 Å². The van der Waals surface area contributed by atoms with Gasteiger partial charge in [0.15, 0.2) is 0 Å². The standard InChI is InChI=1S/C29H26N6O4S/c1-3-23(36)34-14-4-5-18(16-34)32-27(37)26-25-24-21(12-13-30-28(24)40-26)35(29(38)33-25)19-7-9-20(10-8-19)39-22-11-6-17(2)15-31-22/h3,6-13,15,18H,1,4-5,14,16H2,2H3,(H,32,37)(H,33,38)/t18-/m1/s1. The Morgan fingerprint density at radius 2 is 2.00 bits per heavy atom. The summed E-state index contributed by atoms with van der Waals surface area (Å²) in [6.45, 7) is 6.57. The summed E-state index contributed by atoms with van der Waals surface area (Å²) in [6.07, 6.45) is 6.20. The zero-order valence-electron chi connectivity index (χ0n) is 21.7. The van der Waals surface area contributed by atoms with E-state index in [4.69, 9.17) is 4.74 Å². The van der Waals surface area contributed by atoms with E-state index in [1.54, 1.807) is 58.6 Å². The van der Waals surface area contributed by atoms with Gasteiger partial charge in [-0.25, -0.2) is 14.8 Å². The summed E-state index contributed by atoms with van der Waals surface area (Å²) in [7, 11) is 0. The smallest absolute Gasteiger partial charge is 0.331 e. The second-order valence-corrected chi connectivity index (χ2v) is 10.7. The lowest BCUT2D eigenvalue weighted by Crippen LogP contribution is -2.49. The number of benzene rings is 1. The van der Waals surface area contributed by atoms with Crippen LogP contribution in [-0.4, -0.2) is 51.8 Å². The number of hydrogen-bond donors (Lipinski definition) is 2. The number of aryl methyl sites for hydroxylation is 1. The number of nitrogens with zero attached hydrogens (tertiary/aromatic N) is 4. The number of urea groups is 1. The molecule has 2 aliphatic rings. The third-order valence-corrected chi connectivity index (χ3v) is 7.99. The Kier molecular flexibility index (Phi) is 6.64. The minimum Gasteiger partial charge on any atom is -0.439 e. The van der Waals surface area contributed by atoms with Gasteiger partial charge in [0.1, 0.15) is 15.5 Å². The van der Waals surface area contributed by atoms with Gasteiger partial charge in [0.25, 0.3) is 5.91 Å². The van der Waals surface area contributed by atoms with Crippen molar-refractivity contribution in [3.63, 3.8) is 0 Å². The van der Waals surface area contributed by atoms with E-state index < -0.39 is 0 Å². The number of likely N-dealkylation sites (tertiary alicyclic amines) is 1. The molecular weight excluding hydrogens is 528 g/mol. The van der Waals surface area contributed by atoms with Crippen molar-refractivity contribution in [1.29, 1.82) is 0 Å². The summed E-state index contributed by atoms with van der Waals surface area (Å²) >= 11 is 1.23. The number of pyridine rings is 2. The Morgan fingerprint density at radius 1 is 1.18 bits per heavy atom. The van der Waals surface area contributed by atoms with Crippen molar-refractivity contribution in [3.8, 4) is 11.6 Å². The summed E-state index contributed by atoms with van der Waals surface area (Å²) in [6, 6.07) is 12.0. The van der Waals surface area contributed by atoms with E-state index in [1.807, 2.05) is 13.0 Å². The van der Waals surface area contributed by atoms with Crippen LogP contribution in [0.1, 0.15) is 28.1 Å². The Hall–Kier alpha value is -4.77. The van der Waals surface area contributed by atoms with E-state index in [0.29, 0.717) is 56.9 Å². The summed E-state index contributed by atoms with van der Waals surface area (Å²) in [4.78, 5) is 51.8. The SMILES string of the molecule is C=CC(=O)N1CCC[C@@H](NC(=O)c2sc3nccc4c3c2NC(=O)N4c2ccc(Oc3ccc(C)cn3)cc2)C1. The number of thiophene rings is 1. The van der Waals surface area contributed by atoms with Crippen molar-refractivity contribution in [3.05, 3.63) is 78.0 Å². The fraction of sp³-hybridized carbons (Fsp3) is 0.207. The van der Waals surface area contributed by atoms with Gasteiger partial charge in [0.2, 0.25) is 11.8 Å². The molecular formula is C29H26N6O4S. The molecule has 1 atom stereocenters. The minimum atomic E-state index is -0.387. The number of nitrogens with one attached hydrogen (secondary N) is 2. The molecule has 11 heteroatoms. The van der Waals surface area contributed by atoms with Crippen molar-refractivity contribution < 1.29 is 19.1 Å². The number of piperidine rings is 1. The quantitative estimate of drug-likeness (QED) is 0.309. The number of rotatable bonds is 6. The van der Waals surface area contributed by atoms with Crippen molar-refractivity contribution in [1.82, 2.24) is 20.2 Å². The minimum absolute atomic E-state index is 0.150. The highest BCUT2D eigenvalue weighted by Crippen LogP contribution is 2.45. The van der Waals surface area contributed by atoms with Crippen LogP contribution < -0.4 is 20.3 Å². The number of amides is 4. The first kappa shape index (κ1) is 25.5. The molecule has 2 aliphatic heterocycles. The highest BCUT2D eigenvalue weighted by Gasteiger charge is 2.33. The molecule has 4 amide bonds. The molecule has 10 nitrogen and oxygen atoms in total. The van der Waals surface area contributed by atoms with E-state index in [9.17, 15) is 14.4 Å². The normalized spacial score (nSPS) is 16.4. The molecule has 0 saturated carbocycles. The highest BCUT2D eigenvalue weighted by molar-refractivity contribution is 7.21. The van der Waals surface area contributed by atoms with E-state index in [1.165, 1.54) is 17.4 Å². The zero-order valence-corrected chi connectivity index (χ0v) is 22.5. The number of aromatic nitrogens is 2. The molecule has 40 heavy (non-hydrogen) atoms. The molecule has 0 spiro atoms. The Morgan fingerprint density at radius 3 is 2.75 bits per heavy atom. The molecule has 1 saturated heterocycles. The Labute approximate surface area is 234 Å². The largest absolute Gasteiger partial charge is 0.439 e. The van der Waals surface area contributed by atoms with Gasteiger partial charge in [-0.1, -0.05) is 12.6 Å². The molecule has 0 unspecified atom stereocenters. The van der Waals surface area contributed by atoms with Gasteiger partial charge in [0, 0.05) is 37.6 Å². The number of hydrogen-bond acceptors (Lipinski definition) is 7. The summed E-state index contributed by atoms with van der Waals surface area (Å²) in [5.41, 5.74) is 2.75. The predicted molar refractivity (Wildman–Crippen MR) is 154 cm³/mol. The van der Waals surface area contributed by atoms with Crippen molar-refractivity contribution in [2.45, 2.75) is 25.8 Å². The monoisotopic (exact) mass is 554 g/mol. The van der Waals surface area contributed by atoms with Crippen LogP contribution in [0.15, 0.2) is 67.5 Å². The zero-order chi connectivity index (χ0) is 27.8. The van der Waals surface area contributed by atoms with Crippen LogP contribution in [0.3, 0.4) is 0 Å². The third-order valence-electron chi connectivity index (χ3n) is 6.90. The van der Waals surface area contributed by atoms with Gasteiger partial charge in [-0.2, -0.15) is 0 Å². The van der Waals surface area contributed by atoms with Crippen LogP contribution in [-0.2, 0) is 4.79 Å². The molecule has 4 aromatic rings. The third kappa shape index (κ3) is 4.75. The second-order valence-electron chi connectivity index (χ2n) is 9.65. The fourth-order valence-corrected chi connectivity index (χ4v) is 6.00. The number of anilines is 3. The fourth-order valence-electron chi connectivity index (χ4n) is 4.97. The van der Waals surface area contributed by atoms with Crippen LogP contribution in [0.2, 0.25) is 0 Å². The topological polar surface area (TPSA) is 117 Å². The number of carbonyl (C=O) groups excluding carboxylic acids is 3. The van der Waals surface area contributed by atoms with Gasteiger partial charge in [0.05, 0.1) is 22.4 Å². The molecule has 1 fully saturated rings. The Bertz CT molecular complexity index is 1630. The summed E-state index contributed by atoms with van der Waals surface area (Å²) < 4.78 is 5.83. The van der Waals surface area contributed by atoms with E-state index in [2.05, 4.69) is 27.2 Å². The molecule has 0 radical (unpaired) electrons. The van der Waals surface area contributed by atoms with Crippen LogP contribution in [0.5, 0.6) is 11.6 Å². The second kappa shape index (κ2) is 10.4. The molecule has 0 aliphatic carbocycles. The van der Waals surface area contributed by atoms with Crippen LogP contribution in [0.4, 0.5) is 21.9 Å². The molecule has 3 aromatic heterocycles. The maximum atomic E-state index is 13.4. The van der Waals surface area contributed by atoms with Gasteiger partial charge < -0.3 is 20.3 Å². The van der Waals surface area contributed by atoms with E-state index >= 15 is 0 Å². The first-order chi connectivity index (χ1) is 19.4. The molecule has 0 bridgehead atoms. The van der Waals surface area contributed by atoms with Crippen molar-refractivity contribution in [2.24, 2.45) is 0 Å². The van der Waals surface area contributed by atoms with Crippen LogP contribution in [0.25, 0.3) is 10.2 Å². The molecule has 6 rings (SSSR count). The lowest BCUT2D eigenvalue weighted by atomic mass is 10.1. The maximum absolute atomic E-state index is 13.4. The molecule has 5 heterocycles. The lowest BCUT2D eigenvalue weighted by molar-refractivity contribution is -0.127. The van der Waals surface area contributed by atoms with Gasteiger partial charge in [-0.3, -0.25) is 14.5 Å². The van der Waals surface area contributed by atoms with E-state index in [0.717, 1.165) is 18.4 Å². The van der Waals surface area contributed by atoms with Crippen molar-refractivity contribution >= 4 is 56.5 Å².